The van der Waals surface area contributed by atoms with Crippen molar-refractivity contribution in [1.29, 1.82) is 0 Å². The second kappa shape index (κ2) is 11.5. The van der Waals surface area contributed by atoms with Crippen LogP contribution in [0.5, 0.6) is 11.5 Å². The minimum absolute atomic E-state index is 0.0259. The maximum atomic E-state index is 12.0. The van der Waals surface area contributed by atoms with Crippen LogP contribution in [0.25, 0.3) is 0 Å². The highest BCUT2D eigenvalue weighted by molar-refractivity contribution is 5.95. The normalized spacial score (nSPS) is 10.1. The van der Waals surface area contributed by atoms with Gasteiger partial charge in [-0.05, 0) is 35.7 Å². The maximum Gasteiger partial charge on any atom is 0.310 e. The number of amides is 2. The van der Waals surface area contributed by atoms with Gasteiger partial charge in [-0.1, -0.05) is 31.2 Å². The van der Waals surface area contributed by atoms with E-state index in [-0.39, 0.29) is 18.9 Å². The molecular weight excluding hydrogens is 388 g/mol. The van der Waals surface area contributed by atoms with Crippen molar-refractivity contribution in [3.8, 4) is 11.5 Å². The van der Waals surface area contributed by atoms with Crippen molar-refractivity contribution in [2.75, 3.05) is 32.7 Å². The van der Waals surface area contributed by atoms with Gasteiger partial charge in [-0.15, -0.1) is 0 Å². The van der Waals surface area contributed by atoms with Crippen molar-refractivity contribution in [3.05, 3.63) is 53.6 Å². The summed E-state index contributed by atoms with van der Waals surface area (Å²) in [5, 5.41) is 5.18. The van der Waals surface area contributed by atoms with Gasteiger partial charge in [0, 0.05) is 5.69 Å². The lowest BCUT2D eigenvalue weighted by molar-refractivity contribution is -0.147. The molecule has 0 aliphatic rings. The van der Waals surface area contributed by atoms with E-state index < -0.39 is 18.5 Å². The number of hydrogen-bond donors (Lipinski definition) is 2. The molecule has 0 aliphatic carbocycles. The van der Waals surface area contributed by atoms with Crippen LogP contribution in [0.3, 0.4) is 0 Å². The number of esters is 1. The van der Waals surface area contributed by atoms with E-state index in [4.69, 9.17) is 14.2 Å². The Kier molecular flexibility index (Phi) is 8.68. The summed E-state index contributed by atoms with van der Waals surface area (Å²) in [4.78, 5) is 35.8. The van der Waals surface area contributed by atoms with E-state index in [2.05, 4.69) is 10.6 Å². The number of rotatable bonds is 10. The first kappa shape index (κ1) is 22.7. The summed E-state index contributed by atoms with van der Waals surface area (Å²) in [6.45, 7) is 1.30. The van der Waals surface area contributed by atoms with Gasteiger partial charge in [-0.25, -0.2) is 0 Å². The summed E-state index contributed by atoms with van der Waals surface area (Å²) in [6, 6.07) is 12.5. The van der Waals surface area contributed by atoms with Crippen molar-refractivity contribution in [2.24, 2.45) is 0 Å². The molecule has 0 radical (unpaired) electrons. The van der Waals surface area contributed by atoms with Crippen LogP contribution in [0.4, 0.5) is 5.69 Å². The molecule has 30 heavy (non-hydrogen) atoms. The Morgan fingerprint density at radius 2 is 1.67 bits per heavy atom. The van der Waals surface area contributed by atoms with E-state index in [0.29, 0.717) is 22.7 Å². The van der Waals surface area contributed by atoms with Crippen molar-refractivity contribution in [2.45, 2.75) is 19.8 Å². The summed E-state index contributed by atoms with van der Waals surface area (Å²) in [5.41, 5.74) is 2.37. The molecule has 0 saturated heterocycles. The first-order chi connectivity index (χ1) is 14.5. The Morgan fingerprint density at radius 3 is 2.37 bits per heavy atom. The lowest BCUT2D eigenvalue weighted by atomic mass is 10.1. The van der Waals surface area contributed by atoms with Gasteiger partial charge in [0.05, 0.1) is 27.2 Å². The molecule has 0 aliphatic heterocycles. The minimum atomic E-state index is -0.571. The Hall–Kier alpha value is -3.55. The number of aryl methyl sites for hydroxylation is 1. The maximum absolute atomic E-state index is 12.0. The van der Waals surface area contributed by atoms with E-state index in [1.807, 2.05) is 25.1 Å². The smallest absolute Gasteiger partial charge is 0.310 e. The molecule has 0 bridgehead atoms. The molecule has 8 heteroatoms. The van der Waals surface area contributed by atoms with Crippen LogP contribution in [0.1, 0.15) is 18.1 Å². The third-order valence-electron chi connectivity index (χ3n) is 4.28. The van der Waals surface area contributed by atoms with Gasteiger partial charge in [0.15, 0.2) is 18.1 Å². The van der Waals surface area contributed by atoms with E-state index in [9.17, 15) is 14.4 Å². The molecule has 2 aromatic rings. The Labute approximate surface area is 175 Å². The number of nitrogens with one attached hydrogen (secondary N) is 2. The van der Waals surface area contributed by atoms with E-state index >= 15 is 0 Å². The summed E-state index contributed by atoms with van der Waals surface area (Å²) < 4.78 is 15.3. The molecule has 8 nitrogen and oxygen atoms in total. The van der Waals surface area contributed by atoms with Gasteiger partial charge in [0.25, 0.3) is 5.91 Å². The molecule has 0 heterocycles. The Balaban J connectivity index is 1.75. The first-order valence-corrected chi connectivity index (χ1v) is 9.47. The molecule has 2 N–H and O–H groups in total. The van der Waals surface area contributed by atoms with Crippen LogP contribution in [-0.2, 0) is 32.0 Å². The SMILES string of the molecule is CCc1ccccc1NC(=O)CNC(=O)COC(=O)Cc1ccc(OC)c(OC)c1. The van der Waals surface area contributed by atoms with Gasteiger partial charge in [-0.2, -0.15) is 0 Å². The van der Waals surface area contributed by atoms with Crippen LogP contribution in [0.2, 0.25) is 0 Å². The van der Waals surface area contributed by atoms with Gasteiger partial charge < -0.3 is 24.8 Å². The van der Waals surface area contributed by atoms with Crippen LogP contribution in [0, 0.1) is 0 Å². The number of methoxy groups -OCH3 is 2. The molecule has 0 saturated carbocycles. The topological polar surface area (TPSA) is 103 Å². The van der Waals surface area contributed by atoms with Crippen LogP contribution in [-0.4, -0.2) is 45.2 Å². The average molecular weight is 414 g/mol. The third-order valence-corrected chi connectivity index (χ3v) is 4.28. The number of carbonyl (C=O) groups excluding carboxylic acids is 3. The van der Waals surface area contributed by atoms with Gasteiger partial charge >= 0.3 is 5.97 Å². The average Bonchev–Trinajstić information content (AvgIpc) is 2.76. The number of hydrogen-bond acceptors (Lipinski definition) is 6. The number of para-hydroxylation sites is 1. The standard InChI is InChI=1S/C22H26N2O6/c1-4-16-7-5-6-8-17(16)24-20(25)13-23-21(26)14-30-22(27)12-15-9-10-18(28-2)19(11-15)29-3/h5-11H,4,12-14H2,1-3H3,(H,23,26)(H,24,25). The van der Waals surface area contributed by atoms with Crippen LogP contribution in [0.15, 0.2) is 42.5 Å². The highest BCUT2D eigenvalue weighted by atomic mass is 16.5. The highest BCUT2D eigenvalue weighted by Gasteiger charge is 2.12. The van der Waals surface area contributed by atoms with E-state index in [1.54, 1.807) is 24.3 Å². The minimum Gasteiger partial charge on any atom is -0.493 e. The van der Waals surface area contributed by atoms with Gasteiger partial charge in [-0.3, -0.25) is 14.4 Å². The Morgan fingerprint density at radius 1 is 0.933 bits per heavy atom. The van der Waals surface area contributed by atoms with Crippen molar-refractivity contribution < 1.29 is 28.6 Å². The molecule has 0 spiro atoms. The number of anilines is 1. The molecule has 0 atom stereocenters. The van der Waals surface area contributed by atoms with Gasteiger partial charge in [0.1, 0.15) is 0 Å². The van der Waals surface area contributed by atoms with Crippen molar-refractivity contribution >= 4 is 23.5 Å². The summed E-state index contributed by atoms with van der Waals surface area (Å²) >= 11 is 0. The fraction of sp³-hybridized carbons (Fsp3) is 0.318. The number of ether oxygens (including phenoxy) is 3. The third kappa shape index (κ3) is 6.80. The molecule has 0 fully saturated rings. The second-order valence-corrected chi connectivity index (χ2v) is 6.36. The molecule has 160 valence electrons. The molecule has 2 amide bonds. The fourth-order valence-corrected chi connectivity index (χ4v) is 2.73. The van der Waals surface area contributed by atoms with Gasteiger partial charge in [0.2, 0.25) is 5.91 Å². The quantitative estimate of drug-likeness (QED) is 0.577. The predicted octanol–water partition coefficient (Wildman–Crippen LogP) is 2.11. The first-order valence-electron chi connectivity index (χ1n) is 9.47. The van der Waals surface area contributed by atoms with Crippen LogP contribution >= 0.6 is 0 Å². The largest absolute Gasteiger partial charge is 0.493 e. The molecule has 0 aromatic heterocycles. The monoisotopic (exact) mass is 414 g/mol. The summed E-state index contributed by atoms with van der Waals surface area (Å²) in [5.74, 6) is -0.445. The Bertz CT molecular complexity index is 897. The van der Waals surface area contributed by atoms with Crippen molar-refractivity contribution in [3.63, 3.8) is 0 Å². The summed E-state index contributed by atoms with van der Waals surface area (Å²) in [7, 11) is 3.02. The highest BCUT2D eigenvalue weighted by Crippen LogP contribution is 2.27. The predicted molar refractivity (Wildman–Crippen MR) is 112 cm³/mol. The number of carbonyl (C=O) groups is 3. The van der Waals surface area contributed by atoms with Crippen LogP contribution < -0.4 is 20.1 Å². The lowest BCUT2D eigenvalue weighted by Gasteiger charge is -2.11. The molecule has 2 aromatic carbocycles. The zero-order valence-corrected chi connectivity index (χ0v) is 17.3. The molecule has 0 unspecified atom stereocenters. The summed E-state index contributed by atoms with van der Waals surface area (Å²) in [6.07, 6.45) is 0.751. The second-order valence-electron chi connectivity index (χ2n) is 6.36. The zero-order chi connectivity index (χ0) is 21.9. The number of benzene rings is 2. The molecular formula is C22H26N2O6. The van der Waals surface area contributed by atoms with Crippen molar-refractivity contribution in [1.82, 2.24) is 5.32 Å². The lowest BCUT2D eigenvalue weighted by Crippen LogP contribution is -2.35. The molecule has 2 rings (SSSR count). The fourth-order valence-electron chi connectivity index (χ4n) is 2.73. The zero-order valence-electron chi connectivity index (χ0n) is 17.3. The van der Waals surface area contributed by atoms with E-state index in [1.165, 1.54) is 14.2 Å². The van der Waals surface area contributed by atoms with E-state index in [0.717, 1.165) is 12.0 Å².